The van der Waals surface area contributed by atoms with Crippen LogP contribution in [0.5, 0.6) is 0 Å². The number of nitrogens with zero attached hydrogens (tertiary/aromatic N) is 2. The number of hydrogen-bond acceptors (Lipinski definition) is 5. The largest absolute Gasteiger partial charge is 0.365 e. The lowest BCUT2D eigenvalue weighted by Gasteiger charge is -2.25. The first-order valence-electron chi connectivity index (χ1n) is 9.00. The van der Waals surface area contributed by atoms with Crippen molar-refractivity contribution in [1.82, 2.24) is 8.87 Å². The standard InChI is InChI=1S/C18H24N4O4S2/c1-11-12(2)27-18(15(11)16(19)23)20-17(24)14-9-13(10-21(14)3)28(25,26)22-7-5-4-6-8-22/h9-10H,4-8H2,1-3H3,(H2,19,23)(H,20,24). The van der Waals surface area contributed by atoms with Crippen LogP contribution in [0.2, 0.25) is 0 Å². The Morgan fingerprint density at radius 1 is 1.18 bits per heavy atom. The van der Waals surface area contributed by atoms with Crippen LogP contribution in [-0.2, 0) is 17.1 Å². The first-order chi connectivity index (χ1) is 13.1. The van der Waals surface area contributed by atoms with Gasteiger partial charge in [-0.2, -0.15) is 4.31 Å². The predicted octanol–water partition coefficient (Wildman–Crippen LogP) is 2.23. The number of amides is 2. The van der Waals surface area contributed by atoms with Crippen LogP contribution in [-0.4, -0.2) is 42.2 Å². The molecular formula is C18H24N4O4S2. The topological polar surface area (TPSA) is 114 Å². The Hall–Kier alpha value is -2.17. The molecule has 1 saturated heterocycles. The molecule has 0 unspecified atom stereocenters. The van der Waals surface area contributed by atoms with E-state index in [0.29, 0.717) is 18.1 Å². The van der Waals surface area contributed by atoms with E-state index in [1.165, 1.54) is 32.5 Å². The van der Waals surface area contributed by atoms with Crippen LogP contribution in [0, 0.1) is 13.8 Å². The number of primary amides is 1. The first-order valence-corrected chi connectivity index (χ1v) is 11.3. The van der Waals surface area contributed by atoms with Crippen LogP contribution in [0.3, 0.4) is 0 Å². The average Bonchev–Trinajstić information content (AvgIpc) is 3.16. The molecular weight excluding hydrogens is 400 g/mol. The highest BCUT2D eigenvalue weighted by atomic mass is 32.2. The Bertz CT molecular complexity index is 1030. The fourth-order valence-corrected chi connectivity index (χ4v) is 5.98. The molecule has 0 radical (unpaired) electrons. The molecule has 0 aromatic carbocycles. The lowest BCUT2D eigenvalue weighted by molar-refractivity contribution is 0.100. The Labute approximate surface area is 168 Å². The van der Waals surface area contributed by atoms with Gasteiger partial charge < -0.3 is 15.6 Å². The van der Waals surface area contributed by atoms with E-state index in [2.05, 4.69) is 5.32 Å². The van der Waals surface area contributed by atoms with E-state index < -0.39 is 21.8 Å². The lowest BCUT2D eigenvalue weighted by Crippen LogP contribution is -2.35. The summed E-state index contributed by atoms with van der Waals surface area (Å²) in [6.07, 6.45) is 4.15. The van der Waals surface area contributed by atoms with Crippen molar-refractivity contribution < 1.29 is 18.0 Å². The van der Waals surface area contributed by atoms with Crippen molar-refractivity contribution >= 4 is 38.2 Å². The number of piperidine rings is 1. The Kier molecular flexibility index (Phi) is 5.64. The molecule has 8 nitrogen and oxygen atoms in total. The van der Waals surface area contributed by atoms with Gasteiger partial charge in [-0.15, -0.1) is 11.3 Å². The van der Waals surface area contributed by atoms with E-state index >= 15 is 0 Å². The van der Waals surface area contributed by atoms with Crippen LogP contribution >= 0.6 is 11.3 Å². The van der Waals surface area contributed by atoms with Gasteiger partial charge >= 0.3 is 0 Å². The first kappa shape index (κ1) is 20.6. The maximum absolute atomic E-state index is 12.8. The van der Waals surface area contributed by atoms with Gasteiger partial charge in [-0.1, -0.05) is 6.42 Å². The van der Waals surface area contributed by atoms with Gasteiger partial charge in [0.05, 0.1) is 5.56 Å². The summed E-state index contributed by atoms with van der Waals surface area (Å²) in [5, 5.41) is 3.07. The minimum Gasteiger partial charge on any atom is -0.365 e. The van der Waals surface area contributed by atoms with E-state index in [1.807, 2.05) is 6.92 Å². The lowest BCUT2D eigenvalue weighted by atomic mass is 10.1. The molecule has 28 heavy (non-hydrogen) atoms. The molecule has 3 rings (SSSR count). The van der Waals surface area contributed by atoms with Gasteiger partial charge in [0.1, 0.15) is 15.6 Å². The molecule has 0 spiro atoms. The van der Waals surface area contributed by atoms with Crippen molar-refractivity contribution in [3.63, 3.8) is 0 Å². The molecule has 0 bridgehead atoms. The number of rotatable bonds is 5. The van der Waals surface area contributed by atoms with E-state index in [0.717, 1.165) is 29.7 Å². The molecule has 2 amide bonds. The normalized spacial score (nSPS) is 15.5. The molecule has 0 saturated carbocycles. The molecule has 2 aromatic heterocycles. The summed E-state index contributed by atoms with van der Waals surface area (Å²) in [7, 11) is -2.02. The number of aryl methyl sites for hydroxylation is 2. The molecule has 10 heteroatoms. The fourth-order valence-electron chi connectivity index (χ4n) is 3.33. The zero-order valence-corrected chi connectivity index (χ0v) is 17.7. The quantitative estimate of drug-likeness (QED) is 0.766. The average molecular weight is 425 g/mol. The highest BCUT2D eigenvalue weighted by molar-refractivity contribution is 7.89. The third-order valence-electron chi connectivity index (χ3n) is 5.02. The molecule has 1 aliphatic rings. The molecule has 1 fully saturated rings. The Balaban J connectivity index is 1.88. The van der Waals surface area contributed by atoms with Gasteiger partial charge in [-0.05, 0) is 38.3 Å². The number of carbonyl (C=O) groups is 2. The van der Waals surface area contributed by atoms with Crippen LogP contribution < -0.4 is 11.1 Å². The van der Waals surface area contributed by atoms with Crippen LogP contribution in [0.4, 0.5) is 5.00 Å². The summed E-state index contributed by atoms with van der Waals surface area (Å²) >= 11 is 1.26. The molecule has 3 N–H and O–H groups in total. The SMILES string of the molecule is Cc1sc(NC(=O)c2cc(S(=O)(=O)N3CCCCC3)cn2C)c(C(N)=O)c1C. The number of nitrogens with two attached hydrogens (primary N) is 1. The summed E-state index contributed by atoms with van der Waals surface area (Å²) in [5.74, 6) is -1.11. The van der Waals surface area contributed by atoms with Crippen molar-refractivity contribution in [3.05, 3.63) is 34.0 Å². The monoisotopic (exact) mass is 424 g/mol. The van der Waals surface area contributed by atoms with Crippen molar-refractivity contribution in [3.8, 4) is 0 Å². The highest BCUT2D eigenvalue weighted by Gasteiger charge is 2.29. The number of thiophene rings is 1. The zero-order chi connectivity index (χ0) is 20.6. The summed E-state index contributed by atoms with van der Waals surface area (Å²) in [4.78, 5) is 25.5. The number of carbonyl (C=O) groups excluding carboxylic acids is 2. The van der Waals surface area contributed by atoms with Gasteiger partial charge in [0.2, 0.25) is 10.0 Å². The number of hydrogen-bond donors (Lipinski definition) is 2. The molecule has 2 aromatic rings. The summed E-state index contributed by atoms with van der Waals surface area (Å²) in [6, 6.07) is 1.37. The fraction of sp³-hybridized carbons (Fsp3) is 0.444. The maximum Gasteiger partial charge on any atom is 0.272 e. The number of anilines is 1. The van der Waals surface area contributed by atoms with Gasteiger partial charge in [0.25, 0.3) is 11.8 Å². The van der Waals surface area contributed by atoms with Crippen molar-refractivity contribution in [2.45, 2.75) is 38.0 Å². The predicted molar refractivity (Wildman–Crippen MR) is 108 cm³/mol. The molecule has 0 atom stereocenters. The summed E-state index contributed by atoms with van der Waals surface area (Å²) in [6.45, 7) is 4.60. The molecule has 3 heterocycles. The molecule has 0 aliphatic carbocycles. The second-order valence-corrected chi connectivity index (χ2v) is 10.1. The zero-order valence-electron chi connectivity index (χ0n) is 16.1. The van der Waals surface area contributed by atoms with Crippen molar-refractivity contribution in [2.24, 2.45) is 12.8 Å². The number of aromatic nitrogens is 1. The minimum absolute atomic E-state index is 0.0933. The van der Waals surface area contributed by atoms with Crippen LogP contribution in [0.1, 0.15) is 50.5 Å². The second-order valence-electron chi connectivity index (χ2n) is 6.94. The maximum atomic E-state index is 12.8. The minimum atomic E-state index is -3.63. The Morgan fingerprint density at radius 3 is 2.43 bits per heavy atom. The Morgan fingerprint density at radius 2 is 1.82 bits per heavy atom. The van der Waals surface area contributed by atoms with Crippen LogP contribution in [0.25, 0.3) is 0 Å². The second kappa shape index (κ2) is 7.69. The third-order valence-corrected chi connectivity index (χ3v) is 8.01. The van der Waals surface area contributed by atoms with Gasteiger partial charge in [-0.25, -0.2) is 8.42 Å². The van der Waals surface area contributed by atoms with Crippen molar-refractivity contribution in [1.29, 1.82) is 0 Å². The highest BCUT2D eigenvalue weighted by Crippen LogP contribution is 2.32. The molecule has 152 valence electrons. The number of sulfonamides is 1. The van der Waals surface area contributed by atoms with E-state index in [1.54, 1.807) is 14.0 Å². The van der Waals surface area contributed by atoms with E-state index in [4.69, 9.17) is 5.73 Å². The van der Waals surface area contributed by atoms with Crippen LogP contribution in [0.15, 0.2) is 17.2 Å². The summed E-state index contributed by atoms with van der Waals surface area (Å²) in [5.41, 5.74) is 6.65. The summed E-state index contributed by atoms with van der Waals surface area (Å²) < 4.78 is 28.6. The van der Waals surface area contributed by atoms with Gasteiger partial charge in [0, 0.05) is 31.2 Å². The van der Waals surface area contributed by atoms with E-state index in [9.17, 15) is 18.0 Å². The van der Waals surface area contributed by atoms with Crippen molar-refractivity contribution in [2.75, 3.05) is 18.4 Å². The molecule has 1 aliphatic heterocycles. The third kappa shape index (κ3) is 3.71. The van der Waals surface area contributed by atoms with E-state index in [-0.39, 0.29) is 16.2 Å². The van der Waals surface area contributed by atoms with Gasteiger partial charge in [-0.3, -0.25) is 9.59 Å². The number of nitrogens with one attached hydrogen (secondary N) is 1. The van der Waals surface area contributed by atoms with Gasteiger partial charge in [0.15, 0.2) is 0 Å². The smallest absolute Gasteiger partial charge is 0.272 e.